The molecule has 0 unspecified atom stereocenters. The van der Waals surface area contributed by atoms with E-state index in [9.17, 15) is 0 Å². The Morgan fingerprint density at radius 1 is 1.29 bits per heavy atom. The highest BCUT2D eigenvalue weighted by molar-refractivity contribution is 5.92. The molecule has 21 heavy (non-hydrogen) atoms. The van der Waals surface area contributed by atoms with Gasteiger partial charge in [0.25, 0.3) is 0 Å². The molecule has 1 aliphatic rings. The van der Waals surface area contributed by atoms with Crippen LogP contribution in [0.1, 0.15) is 44.6 Å². The van der Waals surface area contributed by atoms with Crippen LogP contribution < -0.4 is 11.1 Å². The molecule has 0 aromatic heterocycles. The van der Waals surface area contributed by atoms with Crippen LogP contribution in [0.25, 0.3) is 0 Å². The molecule has 1 saturated heterocycles. The summed E-state index contributed by atoms with van der Waals surface area (Å²) >= 11 is 0. The van der Waals surface area contributed by atoms with E-state index in [2.05, 4.69) is 47.3 Å². The van der Waals surface area contributed by atoms with Gasteiger partial charge in [0.05, 0.1) is 6.54 Å². The van der Waals surface area contributed by atoms with Crippen LogP contribution in [0.4, 0.5) is 5.69 Å². The number of guanidine groups is 1. The lowest BCUT2D eigenvalue weighted by molar-refractivity contribution is 0.235. The molecule has 116 valence electrons. The average molecular weight is 288 g/mol. The summed E-state index contributed by atoms with van der Waals surface area (Å²) in [6, 6.07) is 8.36. The van der Waals surface area contributed by atoms with E-state index < -0.39 is 0 Å². The maximum absolute atomic E-state index is 5.97. The Hall–Kier alpha value is -1.55. The van der Waals surface area contributed by atoms with E-state index >= 15 is 0 Å². The summed E-state index contributed by atoms with van der Waals surface area (Å²) in [6.07, 6.45) is 4.01. The van der Waals surface area contributed by atoms with Crippen LogP contribution in [0.15, 0.2) is 29.3 Å². The fraction of sp³-hybridized carbons (Fsp3) is 0.588. The van der Waals surface area contributed by atoms with E-state index in [1.54, 1.807) is 0 Å². The summed E-state index contributed by atoms with van der Waals surface area (Å²) in [7, 11) is 0. The monoisotopic (exact) mass is 288 g/mol. The maximum atomic E-state index is 5.97. The Kier molecular flexibility index (Phi) is 6.05. The van der Waals surface area contributed by atoms with Gasteiger partial charge in [-0.1, -0.05) is 32.4 Å². The number of nitrogens with one attached hydrogen (secondary N) is 1. The first-order valence-corrected chi connectivity index (χ1v) is 8.04. The van der Waals surface area contributed by atoms with Gasteiger partial charge in [0.1, 0.15) is 0 Å². The third kappa shape index (κ3) is 5.38. The van der Waals surface area contributed by atoms with E-state index in [0.29, 0.717) is 11.9 Å². The van der Waals surface area contributed by atoms with Gasteiger partial charge in [-0.3, -0.25) is 4.99 Å². The number of nitrogens with two attached hydrogens (primary N) is 1. The maximum Gasteiger partial charge on any atom is 0.193 e. The average Bonchev–Trinajstić information content (AvgIpc) is 2.48. The standard InChI is InChI=1S/C17H28N4/c1-14(2)15-7-6-8-16(13-15)20-17(18)19-9-12-21-10-4-3-5-11-21/h6-8,13-14H,3-5,9-12H2,1-2H3,(H3,18,19,20). The molecule has 1 heterocycles. The molecular weight excluding hydrogens is 260 g/mol. The summed E-state index contributed by atoms with van der Waals surface area (Å²) in [6.45, 7) is 8.57. The first-order chi connectivity index (χ1) is 10.1. The highest BCUT2D eigenvalue weighted by Crippen LogP contribution is 2.18. The third-order valence-electron chi connectivity index (χ3n) is 3.97. The van der Waals surface area contributed by atoms with E-state index in [1.807, 2.05) is 6.07 Å². The molecule has 0 saturated carbocycles. The summed E-state index contributed by atoms with van der Waals surface area (Å²) in [5.41, 5.74) is 8.29. The predicted molar refractivity (Wildman–Crippen MR) is 90.9 cm³/mol. The van der Waals surface area contributed by atoms with Crippen molar-refractivity contribution >= 4 is 11.6 Å². The number of benzene rings is 1. The molecule has 0 bridgehead atoms. The van der Waals surface area contributed by atoms with E-state index in [0.717, 1.165) is 18.8 Å². The second-order valence-electron chi connectivity index (χ2n) is 6.07. The lowest BCUT2D eigenvalue weighted by Crippen LogP contribution is -2.32. The first-order valence-electron chi connectivity index (χ1n) is 8.04. The molecule has 0 atom stereocenters. The number of piperidine rings is 1. The number of hydrogen-bond acceptors (Lipinski definition) is 2. The normalized spacial score (nSPS) is 17.2. The van der Waals surface area contributed by atoms with Crippen LogP contribution in [0.3, 0.4) is 0 Å². The van der Waals surface area contributed by atoms with Crippen LogP contribution in [-0.4, -0.2) is 37.0 Å². The minimum absolute atomic E-state index is 0.507. The lowest BCUT2D eigenvalue weighted by atomic mass is 10.0. The van der Waals surface area contributed by atoms with Crippen LogP contribution in [-0.2, 0) is 0 Å². The van der Waals surface area contributed by atoms with Crippen molar-refractivity contribution in [2.45, 2.75) is 39.0 Å². The molecule has 1 aromatic rings. The molecule has 3 N–H and O–H groups in total. The number of hydrogen-bond donors (Lipinski definition) is 2. The van der Waals surface area contributed by atoms with Gasteiger partial charge in [0.15, 0.2) is 5.96 Å². The van der Waals surface area contributed by atoms with E-state index in [-0.39, 0.29) is 0 Å². The van der Waals surface area contributed by atoms with Gasteiger partial charge < -0.3 is 16.0 Å². The molecule has 0 aliphatic carbocycles. The van der Waals surface area contributed by atoms with Gasteiger partial charge in [-0.15, -0.1) is 0 Å². The molecule has 2 rings (SSSR count). The molecule has 1 aromatic carbocycles. The van der Waals surface area contributed by atoms with Crippen molar-refractivity contribution in [3.63, 3.8) is 0 Å². The van der Waals surface area contributed by atoms with Crippen LogP contribution in [0.2, 0.25) is 0 Å². The largest absolute Gasteiger partial charge is 0.370 e. The molecule has 0 spiro atoms. The van der Waals surface area contributed by atoms with E-state index in [1.165, 1.54) is 37.9 Å². The van der Waals surface area contributed by atoms with Crippen molar-refractivity contribution in [3.05, 3.63) is 29.8 Å². The SMILES string of the molecule is CC(C)c1cccc(NC(N)=NCCN2CCCCC2)c1. The Morgan fingerprint density at radius 3 is 2.76 bits per heavy atom. The molecule has 4 heteroatoms. The number of aliphatic imine (C=N–C) groups is 1. The van der Waals surface area contributed by atoms with Gasteiger partial charge in [-0.25, -0.2) is 0 Å². The summed E-state index contributed by atoms with van der Waals surface area (Å²) in [5.74, 6) is 1.02. The summed E-state index contributed by atoms with van der Waals surface area (Å²) in [4.78, 5) is 6.90. The number of anilines is 1. The topological polar surface area (TPSA) is 53.6 Å². The second kappa shape index (κ2) is 8.03. The fourth-order valence-electron chi connectivity index (χ4n) is 2.66. The smallest absolute Gasteiger partial charge is 0.193 e. The fourth-order valence-corrected chi connectivity index (χ4v) is 2.66. The molecule has 4 nitrogen and oxygen atoms in total. The highest BCUT2D eigenvalue weighted by Gasteiger charge is 2.08. The second-order valence-corrected chi connectivity index (χ2v) is 6.07. The van der Waals surface area contributed by atoms with Crippen molar-refractivity contribution in [2.24, 2.45) is 10.7 Å². The molecule has 0 radical (unpaired) electrons. The third-order valence-corrected chi connectivity index (χ3v) is 3.97. The van der Waals surface area contributed by atoms with Crippen molar-refractivity contribution in [2.75, 3.05) is 31.5 Å². The van der Waals surface area contributed by atoms with Crippen LogP contribution in [0.5, 0.6) is 0 Å². The Balaban J connectivity index is 1.81. The Morgan fingerprint density at radius 2 is 2.05 bits per heavy atom. The number of nitrogens with zero attached hydrogens (tertiary/aromatic N) is 2. The minimum atomic E-state index is 0.507. The van der Waals surface area contributed by atoms with Gasteiger partial charge in [0.2, 0.25) is 0 Å². The Labute approximate surface area is 128 Å². The zero-order chi connectivity index (χ0) is 15.1. The summed E-state index contributed by atoms with van der Waals surface area (Å²) in [5, 5.41) is 3.18. The van der Waals surface area contributed by atoms with Gasteiger partial charge in [0, 0.05) is 12.2 Å². The Bertz CT molecular complexity index is 462. The first kappa shape index (κ1) is 15.8. The zero-order valence-electron chi connectivity index (χ0n) is 13.3. The van der Waals surface area contributed by atoms with Gasteiger partial charge >= 0.3 is 0 Å². The van der Waals surface area contributed by atoms with Crippen LogP contribution >= 0.6 is 0 Å². The molecular formula is C17H28N4. The van der Waals surface area contributed by atoms with Gasteiger partial charge in [-0.05, 0) is 49.5 Å². The number of rotatable bonds is 5. The molecule has 0 amide bonds. The van der Waals surface area contributed by atoms with Crippen molar-refractivity contribution in [3.8, 4) is 0 Å². The van der Waals surface area contributed by atoms with Crippen molar-refractivity contribution in [1.82, 2.24) is 4.90 Å². The van der Waals surface area contributed by atoms with Crippen molar-refractivity contribution < 1.29 is 0 Å². The molecule has 1 aliphatic heterocycles. The lowest BCUT2D eigenvalue weighted by Gasteiger charge is -2.25. The van der Waals surface area contributed by atoms with E-state index in [4.69, 9.17) is 5.73 Å². The quantitative estimate of drug-likeness (QED) is 0.647. The van der Waals surface area contributed by atoms with Crippen molar-refractivity contribution in [1.29, 1.82) is 0 Å². The summed E-state index contributed by atoms with van der Waals surface area (Å²) < 4.78 is 0. The highest BCUT2D eigenvalue weighted by atomic mass is 15.2. The predicted octanol–water partition coefficient (Wildman–Crippen LogP) is 3.02. The number of likely N-dealkylation sites (tertiary alicyclic amines) is 1. The molecule has 1 fully saturated rings. The van der Waals surface area contributed by atoms with Gasteiger partial charge in [-0.2, -0.15) is 0 Å². The minimum Gasteiger partial charge on any atom is -0.370 e. The van der Waals surface area contributed by atoms with Crippen LogP contribution in [0, 0.1) is 0 Å². The zero-order valence-corrected chi connectivity index (χ0v) is 13.3.